The van der Waals surface area contributed by atoms with Crippen LogP contribution in [0, 0.1) is 0 Å². The maximum Gasteiger partial charge on any atom is 0.325 e. The van der Waals surface area contributed by atoms with Gasteiger partial charge >= 0.3 is 12.0 Å². The van der Waals surface area contributed by atoms with Crippen LogP contribution in [-0.4, -0.2) is 48.4 Å². The number of hydrogen-bond acceptors (Lipinski definition) is 5. The summed E-state index contributed by atoms with van der Waals surface area (Å²) in [6, 6.07) is 12.7. The summed E-state index contributed by atoms with van der Waals surface area (Å²) >= 11 is 0. The number of carbonyl (C=O) groups is 4. The molecule has 1 saturated heterocycles. The number of carbonyl (C=O) groups excluding carboxylic acids is 4. The monoisotopic (exact) mass is 411 g/mol. The van der Waals surface area contributed by atoms with Crippen molar-refractivity contribution < 1.29 is 23.9 Å². The van der Waals surface area contributed by atoms with E-state index >= 15 is 0 Å². The number of ether oxygens (including phenoxy) is 1. The van der Waals surface area contributed by atoms with E-state index in [1.54, 1.807) is 19.9 Å². The van der Waals surface area contributed by atoms with Crippen molar-refractivity contribution in [3.8, 4) is 0 Å². The molecule has 3 rings (SSSR count). The summed E-state index contributed by atoms with van der Waals surface area (Å²) in [7, 11) is 0. The van der Waals surface area contributed by atoms with Crippen molar-refractivity contribution in [1.29, 1.82) is 0 Å². The third-order valence-electron chi connectivity index (χ3n) is 5.09. The van der Waals surface area contributed by atoms with Crippen molar-refractivity contribution in [1.82, 2.24) is 15.5 Å². The molecule has 2 aromatic rings. The van der Waals surface area contributed by atoms with Crippen LogP contribution in [0.5, 0.6) is 0 Å². The van der Waals surface area contributed by atoms with Crippen molar-refractivity contribution in [3.63, 3.8) is 0 Å². The van der Waals surface area contributed by atoms with Gasteiger partial charge in [0, 0.05) is 13.0 Å². The predicted octanol–water partition coefficient (Wildman–Crippen LogP) is 2.07. The zero-order chi connectivity index (χ0) is 21.7. The minimum atomic E-state index is -1.24. The van der Waals surface area contributed by atoms with Gasteiger partial charge in [-0.1, -0.05) is 36.4 Å². The van der Waals surface area contributed by atoms with Gasteiger partial charge in [0.15, 0.2) is 0 Å². The summed E-state index contributed by atoms with van der Waals surface area (Å²) in [6.07, 6.45) is 0.608. The molecule has 1 heterocycles. The van der Waals surface area contributed by atoms with Crippen LogP contribution < -0.4 is 10.6 Å². The van der Waals surface area contributed by atoms with Crippen LogP contribution in [0.2, 0.25) is 0 Å². The molecule has 0 unspecified atom stereocenters. The molecule has 8 heteroatoms. The summed E-state index contributed by atoms with van der Waals surface area (Å²) in [6.45, 7) is 3.54. The van der Waals surface area contributed by atoms with E-state index in [1.165, 1.54) is 0 Å². The Morgan fingerprint density at radius 2 is 1.87 bits per heavy atom. The van der Waals surface area contributed by atoms with Gasteiger partial charge in [-0.05, 0) is 42.7 Å². The van der Waals surface area contributed by atoms with Gasteiger partial charge < -0.3 is 15.4 Å². The average molecular weight is 411 g/mol. The van der Waals surface area contributed by atoms with Crippen molar-refractivity contribution >= 4 is 34.6 Å². The maximum absolute atomic E-state index is 13.0. The minimum absolute atomic E-state index is 0.192. The molecule has 0 aromatic heterocycles. The lowest BCUT2D eigenvalue weighted by molar-refractivity contribution is -0.143. The molecule has 158 valence electrons. The van der Waals surface area contributed by atoms with Gasteiger partial charge in [0.2, 0.25) is 5.91 Å². The number of imide groups is 1. The molecular formula is C22H25N3O5. The predicted molar refractivity (Wildman–Crippen MR) is 110 cm³/mol. The molecule has 2 N–H and O–H groups in total. The fourth-order valence-corrected chi connectivity index (χ4v) is 3.43. The van der Waals surface area contributed by atoms with E-state index in [4.69, 9.17) is 4.74 Å². The molecular weight excluding hydrogens is 386 g/mol. The number of urea groups is 1. The number of hydrogen-bond donors (Lipinski definition) is 2. The molecule has 2 aromatic carbocycles. The first kappa shape index (κ1) is 21.3. The first-order chi connectivity index (χ1) is 14.3. The van der Waals surface area contributed by atoms with E-state index in [9.17, 15) is 19.2 Å². The van der Waals surface area contributed by atoms with Gasteiger partial charge in [-0.2, -0.15) is 0 Å². The summed E-state index contributed by atoms with van der Waals surface area (Å²) in [4.78, 5) is 49.8. The zero-order valence-corrected chi connectivity index (χ0v) is 17.1. The molecule has 1 aliphatic heterocycles. The third kappa shape index (κ3) is 4.42. The lowest BCUT2D eigenvalue weighted by Crippen LogP contribution is -2.43. The molecule has 0 bridgehead atoms. The van der Waals surface area contributed by atoms with E-state index in [1.807, 2.05) is 36.4 Å². The molecule has 0 aliphatic carbocycles. The molecule has 1 atom stereocenters. The minimum Gasteiger partial charge on any atom is -0.466 e. The highest BCUT2D eigenvalue weighted by molar-refractivity contribution is 6.09. The molecule has 0 spiro atoms. The smallest absolute Gasteiger partial charge is 0.325 e. The fourth-order valence-electron chi connectivity index (χ4n) is 3.43. The number of fused-ring (bicyclic) bond motifs is 1. The zero-order valence-electron chi connectivity index (χ0n) is 17.1. The molecule has 8 nitrogen and oxygen atoms in total. The van der Waals surface area contributed by atoms with Gasteiger partial charge in [0.05, 0.1) is 6.61 Å². The second-order valence-electron chi connectivity index (χ2n) is 7.27. The number of esters is 1. The van der Waals surface area contributed by atoms with Gasteiger partial charge in [0.25, 0.3) is 5.91 Å². The molecule has 1 aliphatic rings. The number of amides is 4. The van der Waals surface area contributed by atoms with Crippen molar-refractivity contribution in [2.24, 2.45) is 0 Å². The van der Waals surface area contributed by atoms with Crippen LogP contribution in [0.25, 0.3) is 10.8 Å². The fraction of sp³-hybridized carbons (Fsp3) is 0.364. The van der Waals surface area contributed by atoms with Crippen molar-refractivity contribution in [2.75, 3.05) is 19.7 Å². The SMILES string of the molecule is CCOC(=O)CCCNC(=O)CN1C(=O)N[C@@](C)(c2ccc3ccccc3c2)C1=O. The number of rotatable bonds is 8. The van der Waals surface area contributed by atoms with Crippen molar-refractivity contribution in [2.45, 2.75) is 32.2 Å². The molecule has 1 fully saturated rings. The summed E-state index contributed by atoms with van der Waals surface area (Å²) in [5.74, 6) is -1.28. The second-order valence-corrected chi connectivity index (χ2v) is 7.27. The van der Waals surface area contributed by atoms with E-state index in [-0.39, 0.29) is 25.5 Å². The van der Waals surface area contributed by atoms with Crippen LogP contribution >= 0.6 is 0 Å². The summed E-state index contributed by atoms with van der Waals surface area (Å²) in [5.41, 5.74) is -0.595. The van der Waals surface area contributed by atoms with Gasteiger partial charge in [-0.15, -0.1) is 0 Å². The lowest BCUT2D eigenvalue weighted by Gasteiger charge is -2.22. The Morgan fingerprint density at radius 3 is 2.60 bits per heavy atom. The lowest BCUT2D eigenvalue weighted by atomic mass is 9.90. The van der Waals surface area contributed by atoms with E-state index in [2.05, 4.69) is 10.6 Å². The topological polar surface area (TPSA) is 105 Å². The third-order valence-corrected chi connectivity index (χ3v) is 5.09. The maximum atomic E-state index is 13.0. The largest absolute Gasteiger partial charge is 0.466 e. The van der Waals surface area contributed by atoms with Crippen LogP contribution in [0.4, 0.5) is 4.79 Å². The molecule has 4 amide bonds. The Bertz CT molecular complexity index is 990. The molecule has 0 radical (unpaired) electrons. The highest BCUT2D eigenvalue weighted by Crippen LogP contribution is 2.30. The van der Waals surface area contributed by atoms with Crippen LogP contribution in [0.1, 0.15) is 32.3 Å². The Kier molecular flexibility index (Phi) is 6.34. The Labute approximate surface area is 174 Å². The van der Waals surface area contributed by atoms with Crippen LogP contribution in [0.3, 0.4) is 0 Å². The highest BCUT2D eigenvalue weighted by atomic mass is 16.5. The summed E-state index contributed by atoms with van der Waals surface area (Å²) < 4.78 is 4.82. The Morgan fingerprint density at radius 1 is 1.13 bits per heavy atom. The first-order valence-corrected chi connectivity index (χ1v) is 9.91. The second kappa shape index (κ2) is 8.94. The normalized spacial score (nSPS) is 18.4. The number of nitrogens with one attached hydrogen (secondary N) is 2. The van der Waals surface area contributed by atoms with Gasteiger partial charge in [-0.25, -0.2) is 4.79 Å². The standard InChI is InChI=1S/C22H25N3O5/c1-3-30-19(27)9-6-12-23-18(26)14-25-20(28)22(2,24-21(25)29)17-11-10-15-7-4-5-8-16(15)13-17/h4-5,7-8,10-11,13H,3,6,9,12,14H2,1-2H3,(H,23,26)(H,24,29)/t22-/m0/s1. The van der Waals surface area contributed by atoms with Crippen molar-refractivity contribution in [3.05, 3.63) is 48.0 Å². The van der Waals surface area contributed by atoms with E-state index < -0.39 is 23.4 Å². The Balaban J connectivity index is 1.62. The number of nitrogens with zero attached hydrogens (tertiary/aromatic N) is 1. The average Bonchev–Trinajstić information content (AvgIpc) is 2.95. The van der Waals surface area contributed by atoms with Crippen LogP contribution in [0.15, 0.2) is 42.5 Å². The quantitative estimate of drug-likeness (QED) is 0.393. The number of benzene rings is 2. The van der Waals surface area contributed by atoms with Gasteiger partial charge in [-0.3, -0.25) is 19.3 Å². The molecule has 0 saturated carbocycles. The molecule has 30 heavy (non-hydrogen) atoms. The Hall–Kier alpha value is -3.42. The van der Waals surface area contributed by atoms with E-state index in [0.29, 0.717) is 18.6 Å². The first-order valence-electron chi connectivity index (χ1n) is 9.91. The van der Waals surface area contributed by atoms with E-state index in [0.717, 1.165) is 15.7 Å². The summed E-state index contributed by atoms with van der Waals surface area (Å²) in [5, 5.41) is 7.31. The van der Waals surface area contributed by atoms with Crippen LogP contribution in [-0.2, 0) is 24.7 Å². The highest BCUT2D eigenvalue weighted by Gasteiger charge is 2.49. The van der Waals surface area contributed by atoms with Gasteiger partial charge in [0.1, 0.15) is 12.1 Å².